The van der Waals surface area contributed by atoms with Crippen LogP contribution in [0.5, 0.6) is 11.5 Å². The lowest BCUT2D eigenvalue weighted by molar-refractivity contribution is 0.211. The summed E-state index contributed by atoms with van der Waals surface area (Å²) in [6.45, 7) is 2.40. The van der Waals surface area contributed by atoms with E-state index in [4.69, 9.17) is 20.9 Å². The minimum Gasteiger partial charge on any atom is -0.492 e. The molecular formula is C12H14N4O3. The number of hydrogen-bond donors (Lipinski definition) is 2. The van der Waals surface area contributed by atoms with Crippen molar-refractivity contribution in [3.63, 3.8) is 0 Å². The number of nitrogens with two attached hydrogens (primary N) is 2. The molecule has 1 aromatic carbocycles. The maximum absolute atomic E-state index is 10.7. The van der Waals surface area contributed by atoms with Gasteiger partial charge in [0.05, 0.1) is 12.8 Å². The van der Waals surface area contributed by atoms with Crippen LogP contribution in [-0.2, 0) is 0 Å². The number of rotatable bonds is 4. The summed E-state index contributed by atoms with van der Waals surface area (Å²) in [6, 6.07) is 7.26. The van der Waals surface area contributed by atoms with Crippen LogP contribution in [0.3, 0.4) is 0 Å². The second-order valence-corrected chi connectivity index (χ2v) is 3.63. The van der Waals surface area contributed by atoms with Crippen molar-refractivity contribution in [1.82, 2.24) is 9.78 Å². The van der Waals surface area contributed by atoms with Gasteiger partial charge in [-0.1, -0.05) is 12.1 Å². The van der Waals surface area contributed by atoms with Gasteiger partial charge in [-0.25, -0.2) is 9.48 Å². The first-order valence-electron chi connectivity index (χ1n) is 5.66. The van der Waals surface area contributed by atoms with Gasteiger partial charge in [0.25, 0.3) is 0 Å². The van der Waals surface area contributed by atoms with Gasteiger partial charge in [-0.2, -0.15) is 5.10 Å². The predicted molar refractivity (Wildman–Crippen MR) is 69.4 cm³/mol. The Labute approximate surface area is 109 Å². The number of carbonyl (C=O) groups excluding carboxylic acids is 1. The Morgan fingerprint density at radius 2 is 2.11 bits per heavy atom. The fraction of sp³-hybridized carbons (Fsp3) is 0.167. The number of nitrogens with zero attached hydrogens (tertiary/aromatic N) is 2. The molecule has 100 valence electrons. The molecule has 0 aliphatic heterocycles. The maximum atomic E-state index is 10.7. The fourth-order valence-electron chi connectivity index (χ4n) is 1.63. The largest absolute Gasteiger partial charge is 0.492 e. The fourth-order valence-corrected chi connectivity index (χ4v) is 1.63. The highest BCUT2D eigenvalue weighted by Gasteiger charge is 2.15. The van der Waals surface area contributed by atoms with E-state index >= 15 is 0 Å². The van der Waals surface area contributed by atoms with Crippen molar-refractivity contribution in [3.05, 3.63) is 30.5 Å². The SMILES string of the molecule is CCOc1ccccc1-n1ncc(OC(N)=O)c1N. The van der Waals surface area contributed by atoms with Crippen molar-refractivity contribution in [1.29, 1.82) is 0 Å². The minimum atomic E-state index is -0.940. The quantitative estimate of drug-likeness (QED) is 0.864. The van der Waals surface area contributed by atoms with E-state index in [0.717, 1.165) is 0 Å². The van der Waals surface area contributed by atoms with Gasteiger partial charge in [0.15, 0.2) is 11.6 Å². The summed E-state index contributed by atoms with van der Waals surface area (Å²) in [5.74, 6) is 0.912. The number of carbonyl (C=O) groups is 1. The molecule has 19 heavy (non-hydrogen) atoms. The van der Waals surface area contributed by atoms with E-state index in [1.54, 1.807) is 12.1 Å². The molecule has 0 unspecified atom stereocenters. The monoisotopic (exact) mass is 262 g/mol. The molecule has 1 heterocycles. The first-order chi connectivity index (χ1) is 9.13. The van der Waals surface area contributed by atoms with Gasteiger partial charge in [0.2, 0.25) is 0 Å². The van der Waals surface area contributed by atoms with Gasteiger partial charge in [0.1, 0.15) is 11.4 Å². The number of anilines is 1. The second-order valence-electron chi connectivity index (χ2n) is 3.63. The molecule has 7 nitrogen and oxygen atoms in total. The lowest BCUT2D eigenvalue weighted by Gasteiger charge is -2.11. The summed E-state index contributed by atoms with van der Waals surface area (Å²) in [7, 11) is 0. The van der Waals surface area contributed by atoms with E-state index in [1.165, 1.54) is 10.9 Å². The van der Waals surface area contributed by atoms with Crippen molar-refractivity contribution in [2.45, 2.75) is 6.92 Å². The number of hydrogen-bond acceptors (Lipinski definition) is 5. The Bertz CT molecular complexity index is 594. The zero-order valence-electron chi connectivity index (χ0n) is 10.4. The predicted octanol–water partition coefficient (Wildman–Crippen LogP) is 1.31. The van der Waals surface area contributed by atoms with Crippen LogP contribution >= 0.6 is 0 Å². The van der Waals surface area contributed by atoms with Crippen LogP contribution in [0.1, 0.15) is 6.92 Å². The molecule has 1 aromatic heterocycles. The van der Waals surface area contributed by atoms with Crippen LogP contribution in [0.25, 0.3) is 5.69 Å². The Kier molecular flexibility index (Phi) is 3.56. The molecule has 0 atom stereocenters. The lowest BCUT2D eigenvalue weighted by atomic mass is 10.3. The zero-order valence-corrected chi connectivity index (χ0v) is 10.4. The molecule has 0 bridgehead atoms. The number of primary amides is 1. The van der Waals surface area contributed by atoms with Gasteiger partial charge in [-0.3, -0.25) is 0 Å². The average Bonchev–Trinajstić information content (AvgIpc) is 2.72. The van der Waals surface area contributed by atoms with Gasteiger partial charge < -0.3 is 20.9 Å². The number of ether oxygens (including phenoxy) is 2. The van der Waals surface area contributed by atoms with Crippen molar-refractivity contribution < 1.29 is 14.3 Å². The number of para-hydroxylation sites is 2. The number of amides is 1. The van der Waals surface area contributed by atoms with E-state index in [1.807, 2.05) is 19.1 Å². The van der Waals surface area contributed by atoms with Crippen LogP contribution in [0.4, 0.5) is 10.6 Å². The Balaban J connectivity index is 2.42. The summed E-state index contributed by atoms with van der Waals surface area (Å²) < 4.78 is 11.6. The van der Waals surface area contributed by atoms with Crippen LogP contribution in [0.2, 0.25) is 0 Å². The standard InChI is InChI=1S/C12H14N4O3/c1-2-18-9-6-4-3-5-8(9)16-11(13)10(7-15-16)19-12(14)17/h3-7H,2,13H2,1H3,(H2,14,17). The molecule has 2 rings (SSSR count). The van der Waals surface area contributed by atoms with Gasteiger partial charge in [-0.15, -0.1) is 0 Å². The highest BCUT2D eigenvalue weighted by atomic mass is 16.5. The molecule has 1 amide bonds. The third-order valence-corrected chi connectivity index (χ3v) is 2.37. The topological polar surface area (TPSA) is 105 Å². The molecule has 0 saturated heterocycles. The van der Waals surface area contributed by atoms with Crippen molar-refractivity contribution in [2.75, 3.05) is 12.3 Å². The molecule has 0 radical (unpaired) electrons. The third kappa shape index (κ3) is 2.59. The highest BCUT2D eigenvalue weighted by Crippen LogP contribution is 2.29. The second kappa shape index (κ2) is 5.30. The first kappa shape index (κ1) is 12.7. The molecular weight excluding hydrogens is 248 g/mol. The van der Waals surface area contributed by atoms with E-state index in [0.29, 0.717) is 18.0 Å². The summed E-state index contributed by atoms with van der Waals surface area (Å²) >= 11 is 0. The molecule has 0 spiro atoms. The van der Waals surface area contributed by atoms with Crippen LogP contribution < -0.4 is 20.9 Å². The molecule has 0 fully saturated rings. The smallest absolute Gasteiger partial charge is 0.410 e. The maximum Gasteiger partial charge on any atom is 0.410 e. The summed E-state index contributed by atoms with van der Waals surface area (Å²) in [4.78, 5) is 10.7. The summed E-state index contributed by atoms with van der Waals surface area (Å²) in [5.41, 5.74) is 11.5. The average molecular weight is 262 g/mol. The molecule has 2 aromatic rings. The van der Waals surface area contributed by atoms with Crippen molar-refractivity contribution in [3.8, 4) is 17.2 Å². The zero-order chi connectivity index (χ0) is 13.8. The first-order valence-corrected chi connectivity index (χ1v) is 5.66. The van der Waals surface area contributed by atoms with E-state index < -0.39 is 6.09 Å². The van der Waals surface area contributed by atoms with Crippen LogP contribution in [0.15, 0.2) is 30.5 Å². The van der Waals surface area contributed by atoms with Gasteiger partial charge in [-0.05, 0) is 19.1 Å². The number of aromatic nitrogens is 2. The van der Waals surface area contributed by atoms with Crippen LogP contribution in [0, 0.1) is 0 Å². The van der Waals surface area contributed by atoms with Gasteiger partial charge in [0, 0.05) is 0 Å². The van der Waals surface area contributed by atoms with Gasteiger partial charge >= 0.3 is 6.09 Å². The van der Waals surface area contributed by atoms with Crippen LogP contribution in [-0.4, -0.2) is 22.5 Å². The molecule has 7 heteroatoms. The summed E-state index contributed by atoms with van der Waals surface area (Å²) in [5, 5.41) is 4.06. The molecule has 0 saturated carbocycles. The molecule has 0 aliphatic carbocycles. The molecule has 4 N–H and O–H groups in total. The summed E-state index contributed by atoms with van der Waals surface area (Å²) in [6.07, 6.45) is 0.382. The normalized spacial score (nSPS) is 10.2. The Hall–Kier alpha value is -2.70. The Morgan fingerprint density at radius 1 is 1.37 bits per heavy atom. The third-order valence-electron chi connectivity index (χ3n) is 2.37. The minimum absolute atomic E-state index is 0.110. The van der Waals surface area contributed by atoms with Crippen molar-refractivity contribution in [2.24, 2.45) is 5.73 Å². The molecule has 0 aliphatic rings. The van der Waals surface area contributed by atoms with Crippen molar-refractivity contribution >= 4 is 11.9 Å². The number of benzene rings is 1. The highest BCUT2D eigenvalue weighted by molar-refractivity contribution is 5.70. The van der Waals surface area contributed by atoms with E-state index in [2.05, 4.69) is 5.10 Å². The number of nitrogen functional groups attached to an aromatic ring is 1. The van der Waals surface area contributed by atoms with E-state index in [9.17, 15) is 4.79 Å². The lowest BCUT2D eigenvalue weighted by Crippen LogP contribution is -2.16. The van der Waals surface area contributed by atoms with E-state index in [-0.39, 0.29) is 11.6 Å². The Morgan fingerprint density at radius 3 is 2.79 bits per heavy atom.